The van der Waals surface area contributed by atoms with Crippen molar-refractivity contribution < 1.29 is 14.1 Å². The minimum absolute atomic E-state index is 0.0603. The third-order valence-corrected chi connectivity index (χ3v) is 6.91. The van der Waals surface area contributed by atoms with Crippen LogP contribution in [0.25, 0.3) is 5.69 Å². The first-order chi connectivity index (χ1) is 17.2. The van der Waals surface area contributed by atoms with E-state index in [0.29, 0.717) is 33.0 Å². The number of carbonyl (C=O) groups excluding carboxylic acids is 1. The van der Waals surface area contributed by atoms with Gasteiger partial charge in [-0.15, -0.1) is 10.2 Å². The van der Waals surface area contributed by atoms with Crippen LogP contribution in [-0.2, 0) is 5.75 Å². The van der Waals surface area contributed by atoms with Gasteiger partial charge in [0.15, 0.2) is 11.0 Å². The van der Waals surface area contributed by atoms with Gasteiger partial charge in [-0.2, -0.15) is 0 Å². The van der Waals surface area contributed by atoms with Gasteiger partial charge in [-0.25, -0.2) is 4.39 Å². The maximum absolute atomic E-state index is 13.3. The molecule has 1 aromatic heterocycles. The molecule has 1 heterocycles. The smallest absolute Gasteiger partial charge is 0.269 e. The Morgan fingerprint density at radius 2 is 1.78 bits per heavy atom. The summed E-state index contributed by atoms with van der Waals surface area (Å²) in [5, 5.41) is 23.6. The van der Waals surface area contributed by atoms with E-state index in [0.717, 1.165) is 5.56 Å². The van der Waals surface area contributed by atoms with Crippen molar-refractivity contribution in [3.05, 3.63) is 110 Å². The van der Waals surface area contributed by atoms with Crippen molar-refractivity contribution in [1.82, 2.24) is 20.1 Å². The topological polar surface area (TPSA) is 103 Å². The van der Waals surface area contributed by atoms with Crippen molar-refractivity contribution in [2.24, 2.45) is 0 Å². The fourth-order valence-electron chi connectivity index (χ4n) is 3.33. The van der Waals surface area contributed by atoms with Gasteiger partial charge in [0, 0.05) is 29.1 Å². The minimum atomic E-state index is -0.588. The zero-order chi connectivity index (χ0) is 25.8. The molecule has 1 amide bonds. The second kappa shape index (κ2) is 11.1. The van der Waals surface area contributed by atoms with Crippen molar-refractivity contribution in [3.63, 3.8) is 0 Å². The number of thioether (sulfide) groups is 1. The molecule has 12 heteroatoms. The van der Waals surface area contributed by atoms with E-state index in [1.54, 1.807) is 41.8 Å². The lowest BCUT2D eigenvalue weighted by Gasteiger charge is -2.16. The van der Waals surface area contributed by atoms with Crippen LogP contribution in [0.15, 0.2) is 71.9 Å². The number of amides is 1. The van der Waals surface area contributed by atoms with E-state index >= 15 is 0 Å². The van der Waals surface area contributed by atoms with Crippen LogP contribution in [0.4, 0.5) is 10.1 Å². The van der Waals surface area contributed by atoms with Crippen LogP contribution in [0.3, 0.4) is 0 Å². The molecule has 0 fully saturated rings. The Morgan fingerprint density at radius 3 is 2.42 bits per heavy atom. The van der Waals surface area contributed by atoms with Crippen LogP contribution < -0.4 is 5.32 Å². The van der Waals surface area contributed by atoms with Crippen LogP contribution in [0.2, 0.25) is 10.0 Å². The summed E-state index contributed by atoms with van der Waals surface area (Å²) in [6.45, 7) is 1.75. The molecular weight excluding hydrogens is 528 g/mol. The zero-order valence-electron chi connectivity index (χ0n) is 18.7. The lowest BCUT2D eigenvalue weighted by molar-refractivity contribution is -0.384. The summed E-state index contributed by atoms with van der Waals surface area (Å²) in [6, 6.07) is 16.0. The molecule has 0 radical (unpaired) electrons. The van der Waals surface area contributed by atoms with E-state index in [1.807, 2.05) is 0 Å². The lowest BCUT2D eigenvalue weighted by Crippen LogP contribution is -2.28. The molecule has 4 aromatic rings. The predicted octanol–water partition coefficient (Wildman–Crippen LogP) is 6.40. The van der Waals surface area contributed by atoms with Crippen molar-refractivity contribution in [3.8, 4) is 5.69 Å². The van der Waals surface area contributed by atoms with E-state index in [1.165, 1.54) is 48.2 Å². The number of aromatic nitrogens is 3. The Kier molecular flexibility index (Phi) is 7.88. The number of carbonyl (C=O) groups is 1. The Labute approximate surface area is 219 Å². The molecule has 4 rings (SSSR count). The number of nitrogens with one attached hydrogen (secondary N) is 1. The molecule has 184 valence electrons. The van der Waals surface area contributed by atoms with Crippen molar-refractivity contribution >= 4 is 46.6 Å². The van der Waals surface area contributed by atoms with Crippen LogP contribution in [0, 0.1) is 15.9 Å². The molecule has 0 saturated heterocycles. The van der Waals surface area contributed by atoms with Gasteiger partial charge < -0.3 is 5.32 Å². The van der Waals surface area contributed by atoms with E-state index in [4.69, 9.17) is 23.2 Å². The summed E-state index contributed by atoms with van der Waals surface area (Å²) < 4.78 is 15.0. The van der Waals surface area contributed by atoms with Crippen molar-refractivity contribution in [2.45, 2.75) is 23.9 Å². The summed E-state index contributed by atoms with van der Waals surface area (Å²) in [7, 11) is 0. The van der Waals surface area contributed by atoms with Gasteiger partial charge in [-0.05, 0) is 55.0 Å². The molecule has 0 bridgehead atoms. The number of nitro benzene ring substituents is 1. The summed E-state index contributed by atoms with van der Waals surface area (Å²) in [5.41, 5.74) is 1.72. The molecule has 1 N–H and O–H groups in total. The number of halogens is 3. The molecular formula is C24H18Cl2FN5O3S. The Balaban J connectivity index is 1.64. The number of hydrogen-bond donors (Lipinski definition) is 1. The van der Waals surface area contributed by atoms with E-state index in [-0.39, 0.29) is 22.4 Å². The molecule has 0 saturated carbocycles. The molecule has 8 nitrogen and oxygen atoms in total. The maximum atomic E-state index is 13.3. The van der Waals surface area contributed by atoms with Gasteiger partial charge in [-0.1, -0.05) is 47.1 Å². The molecule has 1 atom stereocenters. The first-order valence-corrected chi connectivity index (χ1v) is 12.3. The Bertz CT molecular complexity index is 1410. The quantitative estimate of drug-likeness (QED) is 0.156. The predicted molar refractivity (Wildman–Crippen MR) is 136 cm³/mol. The molecule has 1 unspecified atom stereocenters. The summed E-state index contributed by atoms with van der Waals surface area (Å²) in [5.74, 6) is 0.181. The molecule has 0 aliphatic carbocycles. The highest BCUT2D eigenvalue weighted by Gasteiger charge is 2.22. The number of non-ortho nitro benzene ring substituents is 1. The summed E-state index contributed by atoms with van der Waals surface area (Å²) in [6.07, 6.45) is 0. The van der Waals surface area contributed by atoms with E-state index < -0.39 is 11.0 Å². The van der Waals surface area contributed by atoms with Crippen LogP contribution in [0.5, 0.6) is 0 Å². The number of benzene rings is 3. The standard InChI is InChI=1S/C24H18Cl2FN5O3S/c1-14(28-23(33)16-4-11-20(25)21(26)12-16)22-29-30-24(36-13-15-2-5-17(27)6-3-15)31(22)18-7-9-19(10-8-18)32(34)35/h2-12,14H,13H2,1H3,(H,28,33). The maximum Gasteiger partial charge on any atom is 0.269 e. The highest BCUT2D eigenvalue weighted by atomic mass is 35.5. The monoisotopic (exact) mass is 545 g/mol. The van der Waals surface area contributed by atoms with Crippen LogP contribution >= 0.6 is 35.0 Å². The first kappa shape index (κ1) is 25.6. The summed E-state index contributed by atoms with van der Waals surface area (Å²) in [4.78, 5) is 23.4. The second-order valence-corrected chi connectivity index (χ2v) is 9.45. The highest BCUT2D eigenvalue weighted by molar-refractivity contribution is 7.98. The van der Waals surface area contributed by atoms with Crippen LogP contribution in [0.1, 0.15) is 34.7 Å². The fraction of sp³-hybridized carbons (Fsp3) is 0.125. The largest absolute Gasteiger partial charge is 0.342 e. The SMILES string of the molecule is CC(NC(=O)c1ccc(Cl)c(Cl)c1)c1nnc(SCc2ccc(F)cc2)n1-c1ccc([N+](=O)[O-])cc1. The van der Waals surface area contributed by atoms with Gasteiger partial charge in [0.2, 0.25) is 0 Å². The van der Waals surface area contributed by atoms with E-state index in [9.17, 15) is 19.3 Å². The minimum Gasteiger partial charge on any atom is -0.342 e. The highest BCUT2D eigenvalue weighted by Crippen LogP contribution is 2.29. The van der Waals surface area contributed by atoms with Gasteiger partial charge in [0.05, 0.1) is 21.0 Å². The molecule has 36 heavy (non-hydrogen) atoms. The number of nitrogens with zero attached hydrogens (tertiary/aromatic N) is 4. The third kappa shape index (κ3) is 5.84. The molecule has 0 spiro atoms. The Hall–Kier alpha value is -3.47. The third-order valence-electron chi connectivity index (χ3n) is 5.17. The molecule has 0 aliphatic rings. The lowest BCUT2D eigenvalue weighted by atomic mass is 10.2. The number of rotatable bonds is 8. The average Bonchev–Trinajstić information content (AvgIpc) is 3.29. The van der Waals surface area contributed by atoms with Crippen molar-refractivity contribution in [1.29, 1.82) is 0 Å². The average molecular weight is 546 g/mol. The van der Waals surface area contributed by atoms with Crippen LogP contribution in [-0.4, -0.2) is 25.6 Å². The number of hydrogen-bond acceptors (Lipinski definition) is 6. The second-order valence-electron chi connectivity index (χ2n) is 7.69. The fourth-order valence-corrected chi connectivity index (χ4v) is 4.54. The van der Waals surface area contributed by atoms with Crippen molar-refractivity contribution in [2.75, 3.05) is 0 Å². The first-order valence-electron chi connectivity index (χ1n) is 10.6. The Morgan fingerprint density at radius 1 is 1.08 bits per heavy atom. The van der Waals surface area contributed by atoms with Gasteiger partial charge in [0.25, 0.3) is 11.6 Å². The molecule has 3 aromatic carbocycles. The van der Waals surface area contributed by atoms with E-state index in [2.05, 4.69) is 15.5 Å². The normalized spacial score (nSPS) is 11.8. The summed E-state index contributed by atoms with van der Waals surface area (Å²) >= 11 is 13.3. The van der Waals surface area contributed by atoms with Gasteiger partial charge >= 0.3 is 0 Å². The molecule has 0 aliphatic heterocycles. The zero-order valence-corrected chi connectivity index (χ0v) is 21.0. The number of nitro groups is 1. The van der Waals surface area contributed by atoms with Gasteiger partial charge in [0.1, 0.15) is 5.82 Å². The van der Waals surface area contributed by atoms with Gasteiger partial charge in [-0.3, -0.25) is 19.5 Å².